The molecule has 0 aromatic heterocycles. The van der Waals surface area contributed by atoms with Crippen molar-refractivity contribution in [3.63, 3.8) is 0 Å². The summed E-state index contributed by atoms with van der Waals surface area (Å²) >= 11 is 8.59. The molecule has 0 spiro atoms. The first-order valence-corrected chi connectivity index (χ1v) is 5.24. The van der Waals surface area contributed by atoms with E-state index in [1.165, 1.54) is 0 Å². The maximum Gasteiger partial charge on any atom is 0.150 e. The highest BCUT2D eigenvalue weighted by Crippen LogP contribution is 2.10. The van der Waals surface area contributed by atoms with Crippen molar-refractivity contribution in [1.29, 1.82) is 0 Å². The summed E-state index contributed by atoms with van der Waals surface area (Å²) in [6.07, 6.45) is 1.70. The maximum absolute atomic E-state index is 4.70. The predicted molar refractivity (Wildman–Crippen MR) is 73.1 cm³/mol. The van der Waals surface area contributed by atoms with Crippen LogP contribution in [0, 0.1) is 0 Å². The number of nitrogens with one attached hydrogen (secondary N) is 1. The molecule has 0 saturated heterocycles. The summed E-state index contributed by atoms with van der Waals surface area (Å²) in [5, 5.41) is 3.91. The van der Waals surface area contributed by atoms with E-state index in [0.29, 0.717) is 4.32 Å². The predicted octanol–water partition coefficient (Wildman–Crippen LogP) is 1.89. The van der Waals surface area contributed by atoms with E-state index in [9.17, 15) is 0 Å². The third kappa shape index (κ3) is 4.31. The lowest BCUT2D eigenvalue weighted by Crippen LogP contribution is -2.09. The normalized spacial score (nSPS) is 10.3. The fourth-order valence-corrected chi connectivity index (χ4v) is 1.13. The molecule has 0 unspecified atom stereocenters. The largest absolute Gasteiger partial charge is 0.378 e. The molecule has 0 fully saturated rings. The van der Waals surface area contributed by atoms with Gasteiger partial charge < -0.3 is 4.90 Å². The van der Waals surface area contributed by atoms with E-state index in [1.807, 2.05) is 43.3 Å². The number of hydrazone groups is 1. The van der Waals surface area contributed by atoms with Crippen LogP contribution in [0.4, 0.5) is 5.69 Å². The summed E-state index contributed by atoms with van der Waals surface area (Å²) in [6, 6.07) is 8.03. The zero-order chi connectivity index (χ0) is 11.3. The van der Waals surface area contributed by atoms with Gasteiger partial charge in [0.25, 0.3) is 0 Å². The van der Waals surface area contributed by atoms with Crippen LogP contribution >= 0.6 is 24.8 Å². The molecule has 0 amide bonds. The lowest BCUT2D eigenvalue weighted by atomic mass is 10.2. The Morgan fingerprint density at radius 2 is 2.00 bits per heavy atom. The lowest BCUT2D eigenvalue weighted by molar-refractivity contribution is 1.07. The molecule has 0 aliphatic heterocycles. The van der Waals surface area contributed by atoms with Crippen LogP contribution in [0.2, 0.25) is 0 Å². The van der Waals surface area contributed by atoms with Gasteiger partial charge in [0.05, 0.1) is 6.21 Å². The van der Waals surface area contributed by atoms with E-state index in [0.717, 1.165) is 11.3 Å². The summed E-state index contributed by atoms with van der Waals surface area (Å²) in [6.45, 7) is 0. The minimum Gasteiger partial charge on any atom is -0.378 e. The highest BCUT2D eigenvalue weighted by molar-refractivity contribution is 8.11. The molecule has 0 saturated carbocycles. The average Bonchev–Trinajstić information content (AvgIpc) is 2.18. The molecule has 1 aromatic rings. The molecular formula is C10H13N3S2. The molecule has 0 aliphatic rings. The Morgan fingerprint density at radius 1 is 1.40 bits per heavy atom. The maximum atomic E-state index is 4.70. The smallest absolute Gasteiger partial charge is 0.150 e. The second-order valence-corrected chi connectivity index (χ2v) is 4.32. The second kappa shape index (κ2) is 5.72. The van der Waals surface area contributed by atoms with Crippen molar-refractivity contribution in [3.05, 3.63) is 29.8 Å². The number of nitrogens with zero attached hydrogens (tertiary/aromatic N) is 2. The van der Waals surface area contributed by atoms with Gasteiger partial charge in [-0.1, -0.05) is 24.4 Å². The Hall–Kier alpha value is -1.07. The quantitative estimate of drug-likeness (QED) is 0.365. The van der Waals surface area contributed by atoms with Crippen LogP contribution in [-0.4, -0.2) is 24.6 Å². The van der Waals surface area contributed by atoms with Crippen molar-refractivity contribution in [3.8, 4) is 0 Å². The van der Waals surface area contributed by atoms with E-state index in [4.69, 9.17) is 12.2 Å². The Balaban J connectivity index is 2.64. The number of hydrogen-bond donors (Lipinski definition) is 2. The molecule has 0 bridgehead atoms. The SMILES string of the molecule is CN(C)c1ccc(/C=N/NC(=S)S)cc1. The third-order valence-electron chi connectivity index (χ3n) is 1.78. The molecule has 1 aromatic carbocycles. The van der Waals surface area contributed by atoms with Gasteiger partial charge in [-0.3, -0.25) is 5.43 Å². The number of hydrogen-bond acceptors (Lipinski definition) is 3. The molecule has 5 heteroatoms. The van der Waals surface area contributed by atoms with Gasteiger partial charge in [-0.15, -0.1) is 12.6 Å². The van der Waals surface area contributed by atoms with E-state index >= 15 is 0 Å². The van der Waals surface area contributed by atoms with E-state index in [1.54, 1.807) is 6.21 Å². The van der Waals surface area contributed by atoms with Crippen molar-refractivity contribution in [2.75, 3.05) is 19.0 Å². The molecule has 3 nitrogen and oxygen atoms in total. The third-order valence-corrected chi connectivity index (χ3v) is 1.97. The Morgan fingerprint density at radius 3 is 2.47 bits per heavy atom. The van der Waals surface area contributed by atoms with Crippen molar-refractivity contribution in [1.82, 2.24) is 5.43 Å². The topological polar surface area (TPSA) is 27.6 Å². The summed E-state index contributed by atoms with van der Waals surface area (Å²) < 4.78 is 0.358. The monoisotopic (exact) mass is 239 g/mol. The number of thiocarbonyl (C=S) groups is 1. The minimum atomic E-state index is 0.358. The van der Waals surface area contributed by atoms with Gasteiger partial charge in [-0.2, -0.15) is 5.10 Å². The van der Waals surface area contributed by atoms with Crippen LogP contribution in [0.15, 0.2) is 29.4 Å². The van der Waals surface area contributed by atoms with Crippen LogP contribution in [-0.2, 0) is 0 Å². The highest BCUT2D eigenvalue weighted by Gasteiger charge is 1.93. The number of rotatable bonds is 3. The number of anilines is 1. The molecule has 1 N–H and O–H groups in total. The van der Waals surface area contributed by atoms with Gasteiger partial charge in [0.1, 0.15) is 0 Å². The first-order valence-electron chi connectivity index (χ1n) is 4.39. The van der Waals surface area contributed by atoms with Crippen LogP contribution in [0.5, 0.6) is 0 Å². The molecule has 80 valence electrons. The molecular weight excluding hydrogens is 226 g/mol. The highest BCUT2D eigenvalue weighted by atomic mass is 32.1. The van der Waals surface area contributed by atoms with E-state index in [-0.39, 0.29) is 0 Å². The van der Waals surface area contributed by atoms with Crippen LogP contribution < -0.4 is 10.3 Å². The molecule has 15 heavy (non-hydrogen) atoms. The van der Waals surface area contributed by atoms with Gasteiger partial charge in [0.2, 0.25) is 0 Å². The zero-order valence-electron chi connectivity index (χ0n) is 8.64. The molecule has 0 heterocycles. The molecule has 0 radical (unpaired) electrons. The van der Waals surface area contributed by atoms with Crippen LogP contribution in [0.25, 0.3) is 0 Å². The van der Waals surface area contributed by atoms with Crippen LogP contribution in [0.1, 0.15) is 5.56 Å². The van der Waals surface area contributed by atoms with E-state index < -0.39 is 0 Å². The van der Waals surface area contributed by atoms with Crippen molar-refractivity contribution in [2.24, 2.45) is 5.10 Å². The summed E-state index contributed by atoms with van der Waals surface area (Å²) in [5.41, 5.74) is 4.76. The first kappa shape index (κ1) is 12.0. The summed E-state index contributed by atoms with van der Waals surface area (Å²) in [7, 11) is 4.01. The van der Waals surface area contributed by atoms with Crippen molar-refractivity contribution >= 4 is 41.1 Å². The second-order valence-electron chi connectivity index (χ2n) is 3.16. The van der Waals surface area contributed by atoms with Crippen molar-refractivity contribution in [2.45, 2.75) is 0 Å². The first-order chi connectivity index (χ1) is 7.09. The number of thiol groups is 1. The number of benzene rings is 1. The minimum absolute atomic E-state index is 0.358. The standard InChI is InChI=1S/C10H13N3S2/c1-13(2)9-5-3-8(4-6-9)7-11-12-10(14)15/h3-7H,1-2H3,(H2,12,14,15)/b11-7+. The molecule has 1 rings (SSSR count). The molecule has 0 aliphatic carbocycles. The van der Waals surface area contributed by atoms with Crippen molar-refractivity contribution < 1.29 is 0 Å². The van der Waals surface area contributed by atoms with Gasteiger partial charge in [-0.05, 0) is 17.7 Å². The van der Waals surface area contributed by atoms with Gasteiger partial charge in [0.15, 0.2) is 4.32 Å². The Bertz CT molecular complexity index is 357. The lowest BCUT2D eigenvalue weighted by Gasteiger charge is -2.11. The van der Waals surface area contributed by atoms with E-state index in [2.05, 4.69) is 23.2 Å². The summed E-state index contributed by atoms with van der Waals surface area (Å²) in [5.74, 6) is 0. The fraction of sp³-hybridized carbons (Fsp3) is 0.200. The average molecular weight is 239 g/mol. The summed E-state index contributed by atoms with van der Waals surface area (Å²) in [4.78, 5) is 2.04. The van der Waals surface area contributed by atoms with Crippen LogP contribution in [0.3, 0.4) is 0 Å². The van der Waals surface area contributed by atoms with Gasteiger partial charge in [-0.25, -0.2) is 0 Å². The van der Waals surface area contributed by atoms with Gasteiger partial charge >= 0.3 is 0 Å². The van der Waals surface area contributed by atoms with Gasteiger partial charge in [0, 0.05) is 19.8 Å². The Kier molecular flexibility index (Phi) is 4.58. The molecule has 0 atom stereocenters. The zero-order valence-corrected chi connectivity index (χ0v) is 10.3. The fourth-order valence-electron chi connectivity index (χ4n) is 1.02. The Labute approximate surface area is 101 Å².